The maximum Gasteiger partial charge on any atom is -0.0177 e. The Hall–Kier alpha value is -0.780. The second-order valence-electron chi connectivity index (χ2n) is 6.37. The molecule has 1 atom stereocenters. The summed E-state index contributed by atoms with van der Waals surface area (Å²) in [6, 6.07) is 0. The molecule has 0 rings (SSSR count). The minimum atomic E-state index is 0.391. The van der Waals surface area contributed by atoms with Crippen LogP contribution in [0.4, 0.5) is 0 Å². The molecule has 0 bridgehead atoms. The van der Waals surface area contributed by atoms with Crippen LogP contribution in [0.3, 0.4) is 0 Å². The Bertz CT molecular complexity index is 300. The Morgan fingerprint density at radius 3 is 2.28 bits per heavy atom. The Labute approximate surface area is 115 Å². The topological polar surface area (TPSA) is 0 Å². The lowest BCUT2D eigenvalue weighted by Gasteiger charge is -2.32. The molecule has 0 amide bonds. The second-order valence-corrected chi connectivity index (χ2v) is 6.37. The first-order valence-corrected chi connectivity index (χ1v) is 7.31. The van der Waals surface area contributed by atoms with Crippen LogP contribution in [0.2, 0.25) is 0 Å². The normalized spacial score (nSPS) is 16.1. The summed E-state index contributed by atoms with van der Waals surface area (Å²) in [5, 5.41) is 0. The molecule has 1 unspecified atom stereocenters. The fourth-order valence-corrected chi connectivity index (χ4v) is 2.00. The van der Waals surface area contributed by atoms with Gasteiger partial charge in [0.25, 0.3) is 0 Å². The lowest BCUT2D eigenvalue weighted by Crippen LogP contribution is -2.23. The van der Waals surface area contributed by atoms with E-state index in [4.69, 9.17) is 0 Å². The molecule has 0 spiro atoms. The van der Waals surface area contributed by atoms with Gasteiger partial charge in [-0.2, -0.15) is 0 Å². The third-order valence-electron chi connectivity index (χ3n) is 3.78. The van der Waals surface area contributed by atoms with Gasteiger partial charge >= 0.3 is 0 Å². The molecule has 0 heterocycles. The summed E-state index contributed by atoms with van der Waals surface area (Å²) in [4.78, 5) is 0. The van der Waals surface area contributed by atoms with Crippen molar-refractivity contribution in [1.82, 2.24) is 0 Å². The SMILES string of the molecule is C/C=C/C=C(C)/C=C/C(CC(C)C)C(C)(C)CC. The molecule has 104 valence electrons. The Morgan fingerprint density at radius 1 is 1.22 bits per heavy atom. The summed E-state index contributed by atoms with van der Waals surface area (Å²) in [5.41, 5.74) is 1.72. The van der Waals surface area contributed by atoms with Crippen molar-refractivity contribution < 1.29 is 0 Å². The van der Waals surface area contributed by atoms with E-state index in [2.05, 4.69) is 78.8 Å². The smallest absolute Gasteiger partial charge is 0.0177 e. The first-order valence-electron chi connectivity index (χ1n) is 7.31. The molecule has 0 nitrogen and oxygen atoms in total. The summed E-state index contributed by atoms with van der Waals surface area (Å²) >= 11 is 0. The largest absolute Gasteiger partial charge is 0.0877 e. The Kier molecular flexibility index (Phi) is 7.98. The first kappa shape index (κ1) is 17.2. The molecule has 0 heteroatoms. The highest BCUT2D eigenvalue weighted by molar-refractivity contribution is 5.22. The molecule has 0 saturated heterocycles. The van der Waals surface area contributed by atoms with Crippen LogP contribution in [0.5, 0.6) is 0 Å². The van der Waals surface area contributed by atoms with E-state index in [0.717, 1.165) is 5.92 Å². The quantitative estimate of drug-likeness (QED) is 0.473. The lowest BCUT2D eigenvalue weighted by atomic mass is 9.73. The zero-order valence-corrected chi connectivity index (χ0v) is 13.5. The molecule has 0 aliphatic heterocycles. The van der Waals surface area contributed by atoms with E-state index in [0.29, 0.717) is 11.3 Å². The standard InChI is InChI=1S/C18H32/c1-8-10-11-16(5)12-13-17(14-15(3)4)18(6,7)9-2/h8,10-13,15,17H,9,14H2,1-7H3/b10-8+,13-12+,16-11+. The number of hydrogen-bond acceptors (Lipinski definition) is 0. The van der Waals surface area contributed by atoms with Crippen LogP contribution in [0, 0.1) is 17.3 Å². The first-order chi connectivity index (χ1) is 8.33. The fraction of sp³-hybridized carbons (Fsp3) is 0.667. The van der Waals surface area contributed by atoms with Crippen molar-refractivity contribution in [3.05, 3.63) is 36.0 Å². The van der Waals surface area contributed by atoms with Crippen molar-refractivity contribution >= 4 is 0 Å². The minimum Gasteiger partial charge on any atom is -0.0877 e. The van der Waals surface area contributed by atoms with Crippen molar-refractivity contribution in [2.24, 2.45) is 17.3 Å². The van der Waals surface area contributed by atoms with Gasteiger partial charge in [0.05, 0.1) is 0 Å². The average Bonchev–Trinajstić information content (AvgIpc) is 2.31. The van der Waals surface area contributed by atoms with E-state index in [1.54, 1.807) is 0 Å². The number of allylic oxidation sites excluding steroid dienone is 6. The van der Waals surface area contributed by atoms with Gasteiger partial charge in [-0.05, 0) is 37.5 Å². The zero-order chi connectivity index (χ0) is 14.2. The number of hydrogen-bond donors (Lipinski definition) is 0. The van der Waals surface area contributed by atoms with Gasteiger partial charge in [-0.15, -0.1) is 0 Å². The molecule has 0 radical (unpaired) electrons. The van der Waals surface area contributed by atoms with Crippen molar-refractivity contribution in [1.29, 1.82) is 0 Å². The molecular weight excluding hydrogens is 216 g/mol. The van der Waals surface area contributed by atoms with E-state index >= 15 is 0 Å². The molecule has 0 saturated carbocycles. The fourth-order valence-electron chi connectivity index (χ4n) is 2.00. The van der Waals surface area contributed by atoms with E-state index in [9.17, 15) is 0 Å². The van der Waals surface area contributed by atoms with Crippen molar-refractivity contribution in [2.75, 3.05) is 0 Å². The van der Waals surface area contributed by atoms with Crippen LogP contribution < -0.4 is 0 Å². The van der Waals surface area contributed by atoms with Gasteiger partial charge in [0.15, 0.2) is 0 Å². The molecule has 0 aromatic heterocycles. The monoisotopic (exact) mass is 248 g/mol. The zero-order valence-electron chi connectivity index (χ0n) is 13.5. The van der Waals surface area contributed by atoms with Crippen LogP contribution in [-0.4, -0.2) is 0 Å². The van der Waals surface area contributed by atoms with Gasteiger partial charge in [-0.1, -0.05) is 77.0 Å². The molecule has 0 aliphatic carbocycles. The van der Waals surface area contributed by atoms with Gasteiger partial charge in [0.2, 0.25) is 0 Å². The average molecular weight is 248 g/mol. The summed E-state index contributed by atoms with van der Waals surface area (Å²) < 4.78 is 0. The summed E-state index contributed by atoms with van der Waals surface area (Å²) in [7, 11) is 0. The molecule has 0 fully saturated rings. The molecular formula is C18H32. The molecule has 0 aliphatic rings. The van der Waals surface area contributed by atoms with E-state index in [1.807, 2.05) is 0 Å². The molecule has 18 heavy (non-hydrogen) atoms. The van der Waals surface area contributed by atoms with E-state index in [1.165, 1.54) is 18.4 Å². The number of rotatable bonds is 7. The van der Waals surface area contributed by atoms with Gasteiger partial charge < -0.3 is 0 Å². The van der Waals surface area contributed by atoms with E-state index < -0.39 is 0 Å². The predicted molar refractivity (Wildman–Crippen MR) is 84.7 cm³/mol. The van der Waals surface area contributed by atoms with E-state index in [-0.39, 0.29) is 0 Å². The highest BCUT2D eigenvalue weighted by Crippen LogP contribution is 2.36. The summed E-state index contributed by atoms with van der Waals surface area (Å²) in [6.07, 6.45) is 13.5. The van der Waals surface area contributed by atoms with Gasteiger partial charge in [0.1, 0.15) is 0 Å². The molecule has 0 aromatic rings. The van der Waals surface area contributed by atoms with Gasteiger partial charge in [0, 0.05) is 0 Å². The third kappa shape index (κ3) is 6.83. The highest BCUT2D eigenvalue weighted by Gasteiger charge is 2.25. The van der Waals surface area contributed by atoms with Crippen LogP contribution in [0.1, 0.15) is 61.3 Å². The summed E-state index contributed by atoms with van der Waals surface area (Å²) in [5.74, 6) is 1.42. The Morgan fingerprint density at radius 2 is 1.83 bits per heavy atom. The maximum atomic E-state index is 2.42. The van der Waals surface area contributed by atoms with Crippen molar-refractivity contribution in [2.45, 2.75) is 61.3 Å². The van der Waals surface area contributed by atoms with Crippen LogP contribution in [-0.2, 0) is 0 Å². The van der Waals surface area contributed by atoms with Crippen molar-refractivity contribution in [3.8, 4) is 0 Å². The van der Waals surface area contributed by atoms with Crippen LogP contribution in [0.25, 0.3) is 0 Å². The molecule has 0 N–H and O–H groups in total. The van der Waals surface area contributed by atoms with Gasteiger partial charge in [-0.25, -0.2) is 0 Å². The second kappa shape index (κ2) is 8.34. The van der Waals surface area contributed by atoms with Gasteiger partial charge in [-0.3, -0.25) is 0 Å². The maximum absolute atomic E-state index is 2.42. The Balaban J connectivity index is 4.84. The van der Waals surface area contributed by atoms with Crippen LogP contribution in [0.15, 0.2) is 36.0 Å². The highest BCUT2D eigenvalue weighted by atomic mass is 14.3. The summed E-state index contributed by atoms with van der Waals surface area (Å²) in [6.45, 7) is 15.9. The van der Waals surface area contributed by atoms with Crippen LogP contribution >= 0.6 is 0 Å². The molecule has 0 aromatic carbocycles. The third-order valence-corrected chi connectivity index (χ3v) is 3.78. The lowest BCUT2D eigenvalue weighted by molar-refractivity contribution is 0.218. The van der Waals surface area contributed by atoms with Crippen molar-refractivity contribution in [3.63, 3.8) is 0 Å². The predicted octanol–water partition coefficient (Wildman–Crippen LogP) is 6.16. The minimum absolute atomic E-state index is 0.391.